The van der Waals surface area contributed by atoms with E-state index in [1.54, 1.807) is 6.07 Å². The van der Waals surface area contributed by atoms with Gasteiger partial charge in [-0.05, 0) is 24.3 Å². The molecular formula is C18H14F3NO5. The molecule has 2 rings (SSSR count). The van der Waals surface area contributed by atoms with Crippen molar-refractivity contribution >= 4 is 5.97 Å². The van der Waals surface area contributed by atoms with Crippen molar-refractivity contribution in [3.05, 3.63) is 46.8 Å². The summed E-state index contributed by atoms with van der Waals surface area (Å²) in [6, 6.07) is 5.92. The number of hydrogen-bond acceptors (Lipinski definition) is 5. The molecule has 2 aromatic rings. The molecule has 0 saturated heterocycles. The van der Waals surface area contributed by atoms with Gasteiger partial charge in [-0.1, -0.05) is 0 Å². The van der Waals surface area contributed by atoms with E-state index in [2.05, 4.69) is 0 Å². The Morgan fingerprint density at radius 3 is 2.41 bits per heavy atom. The minimum absolute atomic E-state index is 0.00401. The fourth-order valence-electron chi connectivity index (χ4n) is 2.36. The van der Waals surface area contributed by atoms with Crippen LogP contribution in [0.4, 0.5) is 13.2 Å². The fraction of sp³-hybridized carbons (Fsp3) is 0.222. The SMILES string of the molecule is COc1cc(CC(=O)O)c(F)c(Oc2cc(C#N)cc(C(F)F)c2)c1OC. The maximum atomic E-state index is 14.8. The molecule has 0 spiro atoms. The van der Waals surface area contributed by atoms with Gasteiger partial charge < -0.3 is 19.3 Å². The van der Waals surface area contributed by atoms with Crippen molar-refractivity contribution in [3.63, 3.8) is 0 Å². The van der Waals surface area contributed by atoms with E-state index in [1.165, 1.54) is 14.2 Å². The summed E-state index contributed by atoms with van der Waals surface area (Å²) in [4.78, 5) is 10.9. The van der Waals surface area contributed by atoms with Gasteiger partial charge >= 0.3 is 5.97 Å². The Balaban J connectivity index is 2.62. The summed E-state index contributed by atoms with van der Waals surface area (Å²) >= 11 is 0. The Morgan fingerprint density at radius 1 is 1.19 bits per heavy atom. The average Bonchev–Trinajstić information content (AvgIpc) is 2.63. The third kappa shape index (κ3) is 4.41. The number of rotatable bonds is 7. The molecule has 142 valence electrons. The number of hydrogen-bond donors (Lipinski definition) is 1. The highest BCUT2D eigenvalue weighted by molar-refractivity contribution is 5.72. The Labute approximate surface area is 152 Å². The molecule has 0 aliphatic carbocycles. The van der Waals surface area contributed by atoms with Crippen LogP contribution in [-0.2, 0) is 11.2 Å². The lowest BCUT2D eigenvalue weighted by Crippen LogP contribution is -2.06. The molecule has 0 aromatic heterocycles. The number of carboxylic acid groups (broad SMARTS) is 1. The van der Waals surface area contributed by atoms with Crippen molar-refractivity contribution in [2.24, 2.45) is 0 Å². The lowest BCUT2D eigenvalue weighted by Gasteiger charge is -2.17. The molecule has 0 bridgehead atoms. The van der Waals surface area contributed by atoms with Gasteiger partial charge in [0.25, 0.3) is 6.43 Å². The number of nitriles is 1. The van der Waals surface area contributed by atoms with Crippen LogP contribution in [0.5, 0.6) is 23.0 Å². The first-order chi connectivity index (χ1) is 12.8. The number of alkyl halides is 2. The van der Waals surface area contributed by atoms with Crippen LogP contribution in [0, 0.1) is 17.1 Å². The van der Waals surface area contributed by atoms with Crippen LogP contribution in [0.25, 0.3) is 0 Å². The summed E-state index contributed by atoms with van der Waals surface area (Å²) in [5.41, 5.74) is -0.853. The van der Waals surface area contributed by atoms with E-state index in [4.69, 9.17) is 24.6 Å². The molecule has 0 atom stereocenters. The summed E-state index contributed by atoms with van der Waals surface area (Å²) in [6.45, 7) is 0. The van der Waals surface area contributed by atoms with Crippen molar-refractivity contribution in [2.45, 2.75) is 12.8 Å². The largest absolute Gasteiger partial charge is 0.493 e. The minimum Gasteiger partial charge on any atom is -0.493 e. The number of carboxylic acids is 1. The molecule has 2 aromatic carbocycles. The first-order valence-electron chi connectivity index (χ1n) is 7.46. The average molecular weight is 381 g/mol. The number of nitrogens with zero attached hydrogens (tertiary/aromatic N) is 1. The summed E-state index contributed by atoms with van der Waals surface area (Å²) in [5, 5.41) is 17.9. The second-order valence-corrected chi connectivity index (χ2v) is 5.29. The number of carbonyl (C=O) groups is 1. The van der Waals surface area contributed by atoms with Crippen LogP contribution in [0.3, 0.4) is 0 Å². The molecule has 0 amide bonds. The highest BCUT2D eigenvalue weighted by Crippen LogP contribution is 2.44. The third-order valence-electron chi connectivity index (χ3n) is 3.51. The van der Waals surface area contributed by atoms with Gasteiger partial charge in [0.1, 0.15) is 5.75 Å². The van der Waals surface area contributed by atoms with E-state index in [9.17, 15) is 18.0 Å². The maximum absolute atomic E-state index is 14.8. The molecule has 0 radical (unpaired) electrons. The zero-order chi connectivity index (χ0) is 20.1. The van der Waals surface area contributed by atoms with Crippen LogP contribution in [0.2, 0.25) is 0 Å². The Kier molecular flexibility index (Phi) is 6.13. The van der Waals surface area contributed by atoms with Crippen LogP contribution in [-0.4, -0.2) is 25.3 Å². The van der Waals surface area contributed by atoms with Crippen molar-refractivity contribution in [1.82, 2.24) is 0 Å². The van der Waals surface area contributed by atoms with Crippen molar-refractivity contribution in [2.75, 3.05) is 14.2 Å². The number of halogens is 3. The highest BCUT2D eigenvalue weighted by Gasteiger charge is 2.24. The topological polar surface area (TPSA) is 88.8 Å². The number of methoxy groups -OCH3 is 2. The first kappa shape index (κ1) is 19.9. The summed E-state index contributed by atoms with van der Waals surface area (Å²) in [7, 11) is 2.46. The molecule has 27 heavy (non-hydrogen) atoms. The van der Waals surface area contributed by atoms with Crippen molar-refractivity contribution in [3.8, 4) is 29.1 Å². The second-order valence-electron chi connectivity index (χ2n) is 5.29. The van der Waals surface area contributed by atoms with Gasteiger partial charge in [-0.15, -0.1) is 0 Å². The predicted octanol–water partition coefficient (Wildman–Crippen LogP) is 4.07. The second kappa shape index (κ2) is 8.31. The van der Waals surface area contributed by atoms with Crippen LogP contribution >= 0.6 is 0 Å². The molecule has 6 nitrogen and oxygen atoms in total. The summed E-state index contributed by atoms with van der Waals surface area (Å²) in [5.74, 6) is -3.31. The van der Waals surface area contributed by atoms with E-state index < -0.39 is 35.9 Å². The molecular weight excluding hydrogens is 367 g/mol. The van der Waals surface area contributed by atoms with Crippen LogP contribution < -0.4 is 14.2 Å². The number of benzene rings is 2. The minimum atomic E-state index is -2.87. The van der Waals surface area contributed by atoms with Gasteiger partial charge in [-0.2, -0.15) is 5.26 Å². The van der Waals surface area contributed by atoms with E-state index in [1.807, 2.05) is 0 Å². The third-order valence-corrected chi connectivity index (χ3v) is 3.51. The number of aliphatic carboxylic acids is 1. The first-order valence-corrected chi connectivity index (χ1v) is 7.46. The molecule has 0 saturated carbocycles. The summed E-state index contributed by atoms with van der Waals surface area (Å²) in [6.07, 6.45) is -3.54. The summed E-state index contributed by atoms with van der Waals surface area (Å²) < 4.78 is 56.3. The zero-order valence-electron chi connectivity index (χ0n) is 14.3. The predicted molar refractivity (Wildman–Crippen MR) is 87.0 cm³/mol. The standard InChI is InChI=1S/C18H14F3NO5/c1-25-13-6-10(7-14(23)24)15(19)17(16(13)26-2)27-12-4-9(8-22)3-11(5-12)18(20)21/h3-6,18H,7H2,1-2H3,(H,23,24). The van der Waals surface area contributed by atoms with Gasteiger partial charge in [0.15, 0.2) is 11.6 Å². The van der Waals surface area contributed by atoms with E-state index >= 15 is 0 Å². The maximum Gasteiger partial charge on any atom is 0.307 e. The van der Waals surface area contributed by atoms with Gasteiger partial charge in [0.05, 0.1) is 32.3 Å². The lowest BCUT2D eigenvalue weighted by molar-refractivity contribution is -0.136. The van der Waals surface area contributed by atoms with Crippen LogP contribution in [0.15, 0.2) is 24.3 Å². The van der Waals surface area contributed by atoms with Gasteiger partial charge in [-0.25, -0.2) is 13.2 Å². The van der Waals surface area contributed by atoms with Crippen molar-refractivity contribution < 1.29 is 37.3 Å². The Morgan fingerprint density at radius 2 is 1.89 bits per heavy atom. The van der Waals surface area contributed by atoms with E-state index in [-0.39, 0.29) is 28.4 Å². The van der Waals surface area contributed by atoms with Gasteiger partial charge in [0, 0.05) is 11.1 Å². The van der Waals surface area contributed by atoms with Crippen LogP contribution in [0.1, 0.15) is 23.1 Å². The molecule has 0 unspecified atom stereocenters. The monoisotopic (exact) mass is 381 g/mol. The fourth-order valence-corrected chi connectivity index (χ4v) is 2.36. The van der Waals surface area contributed by atoms with Gasteiger partial charge in [-0.3, -0.25) is 4.79 Å². The highest BCUT2D eigenvalue weighted by atomic mass is 19.3. The van der Waals surface area contributed by atoms with Gasteiger partial charge in [0.2, 0.25) is 11.5 Å². The normalized spacial score (nSPS) is 10.4. The molecule has 1 N–H and O–H groups in total. The number of ether oxygens (including phenoxy) is 3. The zero-order valence-corrected chi connectivity index (χ0v) is 14.3. The van der Waals surface area contributed by atoms with E-state index in [0.717, 1.165) is 24.3 Å². The molecule has 0 aliphatic heterocycles. The molecule has 9 heteroatoms. The molecule has 0 heterocycles. The van der Waals surface area contributed by atoms with Crippen molar-refractivity contribution in [1.29, 1.82) is 5.26 Å². The Bertz CT molecular complexity index is 909. The quantitative estimate of drug-likeness (QED) is 0.778. The molecule has 0 fully saturated rings. The Hall–Kier alpha value is -3.41. The smallest absolute Gasteiger partial charge is 0.307 e. The lowest BCUT2D eigenvalue weighted by atomic mass is 10.1. The van der Waals surface area contributed by atoms with E-state index in [0.29, 0.717) is 0 Å². The molecule has 0 aliphatic rings.